The number of aryl methyl sites for hydroxylation is 1. The molecule has 1 saturated carbocycles. The first-order valence-electron chi connectivity index (χ1n) is 7.67. The highest BCUT2D eigenvalue weighted by molar-refractivity contribution is 5.07. The van der Waals surface area contributed by atoms with Gasteiger partial charge in [-0.1, -0.05) is 19.3 Å². The summed E-state index contributed by atoms with van der Waals surface area (Å²) in [6, 6.07) is 0.835. The van der Waals surface area contributed by atoms with Crippen LogP contribution >= 0.6 is 0 Å². The van der Waals surface area contributed by atoms with Gasteiger partial charge in [0.2, 0.25) is 0 Å². The van der Waals surface area contributed by atoms with Gasteiger partial charge in [-0.2, -0.15) is 0 Å². The summed E-state index contributed by atoms with van der Waals surface area (Å²) >= 11 is 0. The van der Waals surface area contributed by atoms with Gasteiger partial charge in [0.1, 0.15) is 0 Å². The number of nitrogens with zero attached hydrogens (tertiary/aromatic N) is 2. The van der Waals surface area contributed by atoms with Crippen molar-refractivity contribution >= 4 is 0 Å². The van der Waals surface area contributed by atoms with Gasteiger partial charge < -0.3 is 15.2 Å². The van der Waals surface area contributed by atoms with Crippen LogP contribution in [-0.2, 0) is 6.54 Å². The Morgan fingerprint density at radius 1 is 1.37 bits per heavy atom. The topological polar surface area (TPSA) is 44.0 Å². The molecular weight excluding hydrogens is 236 g/mol. The van der Waals surface area contributed by atoms with Crippen LogP contribution in [0.2, 0.25) is 0 Å². The van der Waals surface area contributed by atoms with Gasteiger partial charge in [-0.15, -0.1) is 0 Å². The van der Waals surface area contributed by atoms with E-state index < -0.39 is 0 Å². The molecule has 1 aliphatic rings. The van der Waals surface area contributed by atoms with Crippen LogP contribution in [0.25, 0.3) is 0 Å². The fraction of sp³-hybridized carbons (Fsp3) is 0.800. The van der Waals surface area contributed by atoms with E-state index in [0.29, 0.717) is 0 Å². The molecule has 1 aliphatic carbocycles. The molecule has 1 heterocycles. The van der Waals surface area contributed by atoms with Gasteiger partial charge in [-0.25, -0.2) is 4.98 Å². The summed E-state index contributed by atoms with van der Waals surface area (Å²) < 4.78 is 0. The molecule has 1 aromatic heterocycles. The maximum atomic E-state index is 4.29. The third kappa shape index (κ3) is 4.62. The summed E-state index contributed by atoms with van der Waals surface area (Å²) in [7, 11) is 2.29. The van der Waals surface area contributed by atoms with Crippen molar-refractivity contribution in [2.45, 2.75) is 58.0 Å². The van der Waals surface area contributed by atoms with Crippen LogP contribution in [-0.4, -0.2) is 41.0 Å². The lowest BCUT2D eigenvalue weighted by atomic mass is 9.94. The van der Waals surface area contributed by atoms with Gasteiger partial charge in [0.15, 0.2) is 0 Å². The van der Waals surface area contributed by atoms with Crippen LogP contribution < -0.4 is 5.32 Å². The molecule has 0 aromatic carbocycles. The second-order valence-electron chi connectivity index (χ2n) is 5.78. The van der Waals surface area contributed by atoms with Crippen molar-refractivity contribution in [1.29, 1.82) is 0 Å². The number of imidazole rings is 1. The highest BCUT2D eigenvalue weighted by Gasteiger charge is 2.17. The minimum Gasteiger partial charge on any atom is -0.348 e. The molecule has 0 saturated heterocycles. The number of hydrogen-bond donors (Lipinski definition) is 2. The smallest absolute Gasteiger partial charge is 0.0925 e. The summed E-state index contributed by atoms with van der Waals surface area (Å²) in [6.07, 6.45) is 10.1. The fourth-order valence-electron chi connectivity index (χ4n) is 2.93. The van der Waals surface area contributed by atoms with Crippen molar-refractivity contribution in [2.24, 2.45) is 0 Å². The normalized spacial score (nSPS) is 17.2. The van der Waals surface area contributed by atoms with Gasteiger partial charge >= 0.3 is 0 Å². The molecule has 4 nitrogen and oxygen atoms in total. The molecule has 19 heavy (non-hydrogen) atoms. The van der Waals surface area contributed by atoms with Crippen LogP contribution in [0.1, 0.15) is 49.9 Å². The number of H-pyrrole nitrogens is 1. The zero-order chi connectivity index (χ0) is 13.5. The van der Waals surface area contributed by atoms with E-state index in [9.17, 15) is 0 Å². The maximum Gasteiger partial charge on any atom is 0.0925 e. The molecule has 0 amide bonds. The lowest BCUT2D eigenvalue weighted by molar-refractivity contribution is 0.189. The number of aromatic amines is 1. The van der Waals surface area contributed by atoms with Crippen LogP contribution in [0.3, 0.4) is 0 Å². The maximum absolute atomic E-state index is 4.29. The highest BCUT2D eigenvalue weighted by Crippen LogP contribution is 2.21. The van der Waals surface area contributed by atoms with E-state index in [-0.39, 0.29) is 0 Å². The van der Waals surface area contributed by atoms with E-state index in [1.54, 1.807) is 6.33 Å². The molecule has 4 heteroatoms. The minimum absolute atomic E-state index is 0.835. The second kappa shape index (κ2) is 7.65. The Kier molecular flexibility index (Phi) is 5.86. The van der Waals surface area contributed by atoms with Crippen molar-refractivity contribution in [3.63, 3.8) is 0 Å². The number of aromatic nitrogens is 2. The summed E-state index contributed by atoms with van der Waals surface area (Å²) in [4.78, 5) is 9.96. The van der Waals surface area contributed by atoms with Crippen LogP contribution in [0.15, 0.2) is 6.33 Å². The first-order valence-corrected chi connectivity index (χ1v) is 7.67. The average Bonchev–Trinajstić information content (AvgIpc) is 2.85. The Hall–Kier alpha value is -0.870. The number of hydrogen-bond acceptors (Lipinski definition) is 3. The van der Waals surface area contributed by atoms with E-state index >= 15 is 0 Å². The highest BCUT2D eigenvalue weighted by atomic mass is 15.1. The van der Waals surface area contributed by atoms with Crippen LogP contribution in [0, 0.1) is 6.92 Å². The molecule has 2 rings (SSSR count). The van der Waals surface area contributed by atoms with Gasteiger partial charge in [-0.05, 0) is 46.3 Å². The molecule has 0 radical (unpaired) electrons. The Morgan fingerprint density at radius 2 is 2.16 bits per heavy atom. The molecule has 0 spiro atoms. The molecule has 0 atom stereocenters. The van der Waals surface area contributed by atoms with Crippen molar-refractivity contribution < 1.29 is 0 Å². The van der Waals surface area contributed by atoms with Gasteiger partial charge in [0, 0.05) is 18.3 Å². The third-order valence-corrected chi connectivity index (χ3v) is 4.29. The summed E-state index contributed by atoms with van der Waals surface area (Å²) in [5.74, 6) is 0. The monoisotopic (exact) mass is 264 g/mol. The SMILES string of the molecule is Cc1[nH]cnc1CNCCCN(C)C1CCCCC1. The van der Waals surface area contributed by atoms with E-state index in [1.165, 1.54) is 50.8 Å². The van der Waals surface area contributed by atoms with Gasteiger partial charge in [-0.3, -0.25) is 0 Å². The van der Waals surface area contributed by atoms with E-state index in [2.05, 4.69) is 34.2 Å². The summed E-state index contributed by atoms with van der Waals surface area (Å²) in [6.45, 7) is 5.23. The summed E-state index contributed by atoms with van der Waals surface area (Å²) in [5.41, 5.74) is 2.31. The molecule has 0 unspecified atom stereocenters. The first kappa shape index (κ1) is 14.5. The Bertz CT molecular complexity index is 355. The fourth-order valence-corrected chi connectivity index (χ4v) is 2.93. The molecule has 2 N–H and O–H groups in total. The van der Waals surface area contributed by atoms with Crippen molar-refractivity contribution in [1.82, 2.24) is 20.2 Å². The predicted molar refractivity (Wildman–Crippen MR) is 79.2 cm³/mol. The van der Waals surface area contributed by atoms with Crippen molar-refractivity contribution in [3.05, 3.63) is 17.7 Å². The lowest BCUT2D eigenvalue weighted by Crippen LogP contribution is -2.35. The van der Waals surface area contributed by atoms with Crippen LogP contribution in [0.5, 0.6) is 0 Å². The molecule has 0 aliphatic heterocycles. The molecule has 1 aromatic rings. The van der Waals surface area contributed by atoms with E-state index in [1.807, 2.05) is 0 Å². The zero-order valence-electron chi connectivity index (χ0n) is 12.4. The zero-order valence-corrected chi connectivity index (χ0v) is 12.4. The second-order valence-corrected chi connectivity index (χ2v) is 5.78. The quantitative estimate of drug-likeness (QED) is 0.744. The molecule has 108 valence electrons. The van der Waals surface area contributed by atoms with Crippen molar-refractivity contribution in [2.75, 3.05) is 20.1 Å². The Morgan fingerprint density at radius 3 is 2.84 bits per heavy atom. The van der Waals surface area contributed by atoms with Crippen LogP contribution in [0.4, 0.5) is 0 Å². The van der Waals surface area contributed by atoms with Crippen molar-refractivity contribution in [3.8, 4) is 0 Å². The number of nitrogens with one attached hydrogen (secondary N) is 2. The van der Waals surface area contributed by atoms with E-state index in [4.69, 9.17) is 0 Å². The summed E-state index contributed by atoms with van der Waals surface area (Å²) in [5, 5.41) is 3.48. The predicted octanol–water partition coefficient (Wildman–Crippen LogP) is 2.46. The standard InChI is InChI=1S/C15H28N4/c1-13-15(18-12-17-13)11-16-9-6-10-19(2)14-7-4-3-5-8-14/h12,14,16H,3-11H2,1-2H3,(H,17,18). The lowest BCUT2D eigenvalue weighted by Gasteiger charge is -2.31. The molecule has 0 bridgehead atoms. The average molecular weight is 264 g/mol. The minimum atomic E-state index is 0.835. The third-order valence-electron chi connectivity index (χ3n) is 4.29. The van der Waals surface area contributed by atoms with E-state index in [0.717, 1.165) is 24.8 Å². The number of rotatable bonds is 7. The Labute approximate surface area is 117 Å². The Balaban J connectivity index is 1.55. The van der Waals surface area contributed by atoms with Gasteiger partial charge in [0.05, 0.1) is 12.0 Å². The largest absolute Gasteiger partial charge is 0.348 e. The molecule has 1 fully saturated rings. The first-order chi connectivity index (χ1) is 9.27. The van der Waals surface area contributed by atoms with Gasteiger partial charge in [0.25, 0.3) is 0 Å². The molecular formula is C15H28N4.